The van der Waals surface area contributed by atoms with E-state index >= 15 is 0 Å². The van der Waals surface area contributed by atoms with E-state index in [4.69, 9.17) is 0 Å². The Morgan fingerprint density at radius 2 is 2.04 bits per heavy atom. The number of aromatic nitrogens is 3. The average molecular weight is 379 g/mol. The lowest BCUT2D eigenvalue weighted by molar-refractivity contribution is -0.119. The zero-order chi connectivity index (χ0) is 18.6. The van der Waals surface area contributed by atoms with Crippen molar-refractivity contribution in [3.05, 3.63) is 71.5 Å². The van der Waals surface area contributed by atoms with E-state index in [9.17, 15) is 4.79 Å². The predicted octanol–water partition coefficient (Wildman–Crippen LogP) is 3.86. The summed E-state index contributed by atoms with van der Waals surface area (Å²) in [5.41, 5.74) is 4.78. The second-order valence-corrected chi connectivity index (χ2v) is 7.71. The monoisotopic (exact) mass is 378 g/mol. The Balaban J connectivity index is 1.42. The minimum Gasteiger partial charge on any atom is -0.349 e. The summed E-state index contributed by atoms with van der Waals surface area (Å²) < 4.78 is 1.93. The van der Waals surface area contributed by atoms with Crippen molar-refractivity contribution >= 4 is 17.7 Å². The molecular weight excluding hydrogens is 356 g/mol. The van der Waals surface area contributed by atoms with Crippen LogP contribution in [0.3, 0.4) is 0 Å². The number of para-hydroxylation sites is 1. The molecule has 5 nitrogen and oxygen atoms in total. The van der Waals surface area contributed by atoms with Gasteiger partial charge in [-0.3, -0.25) is 9.36 Å². The fourth-order valence-corrected chi connectivity index (χ4v) is 4.32. The van der Waals surface area contributed by atoms with E-state index in [0.717, 1.165) is 35.7 Å². The van der Waals surface area contributed by atoms with Crippen LogP contribution in [0.1, 0.15) is 35.6 Å². The number of hydrogen-bond donors (Lipinski definition) is 1. The van der Waals surface area contributed by atoms with E-state index in [-0.39, 0.29) is 11.9 Å². The first-order valence-electron chi connectivity index (χ1n) is 9.18. The van der Waals surface area contributed by atoms with Gasteiger partial charge in [0, 0.05) is 0 Å². The van der Waals surface area contributed by atoms with Gasteiger partial charge in [-0.15, -0.1) is 10.2 Å². The van der Waals surface area contributed by atoms with E-state index in [1.54, 1.807) is 6.33 Å². The summed E-state index contributed by atoms with van der Waals surface area (Å²) in [6.45, 7) is 2.05. The number of nitrogens with zero attached hydrogens (tertiary/aromatic N) is 3. The van der Waals surface area contributed by atoms with Crippen molar-refractivity contribution < 1.29 is 4.79 Å². The van der Waals surface area contributed by atoms with Crippen molar-refractivity contribution in [3.8, 4) is 5.69 Å². The highest BCUT2D eigenvalue weighted by molar-refractivity contribution is 7.99. The lowest BCUT2D eigenvalue weighted by Crippen LogP contribution is -2.32. The van der Waals surface area contributed by atoms with Gasteiger partial charge in [0.25, 0.3) is 0 Å². The Kier molecular flexibility index (Phi) is 5.25. The number of amides is 1. The summed E-state index contributed by atoms with van der Waals surface area (Å²) in [7, 11) is 0. The number of fused-ring (bicyclic) bond motifs is 1. The maximum Gasteiger partial charge on any atom is 0.230 e. The number of benzene rings is 2. The zero-order valence-corrected chi connectivity index (χ0v) is 16.1. The Morgan fingerprint density at radius 1 is 1.22 bits per heavy atom. The molecule has 4 rings (SSSR count). The van der Waals surface area contributed by atoms with Crippen LogP contribution in [0, 0.1) is 6.92 Å². The van der Waals surface area contributed by atoms with Crippen molar-refractivity contribution in [2.24, 2.45) is 0 Å². The van der Waals surface area contributed by atoms with Crippen molar-refractivity contribution in [1.29, 1.82) is 0 Å². The van der Waals surface area contributed by atoms with Gasteiger partial charge in [0.05, 0.1) is 17.5 Å². The number of carbonyl (C=O) groups is 1. The molecule has 3 aromatic rings. The fraction of sp³-hybridized carbons (Fsp3) is 0.286. The van der Waals surface area contributed by atoms with Crippen LogP contribution in [0.25, 0.3) is 5.69 Å². The lowest BCUT2D eigenvalue weighted by atomic mass is 9.88. The van der Waals surface area contributed by atoms with E-state index in [1.165, 1.54) is 22.9 Å². The van der Waals surface area contributed by atoms with Crippen LogP contribution in [0.5, 0.6) is 0 Å². The molecule has 138 valence electrons. The number of aryl methyl sites for hydroxylation is 2. The third-order valence-electron chi connectivity index (χ3n) is 4.93. The SMILES string of the molecule is Cc1ccccc1-n1cnnc1SCC(=O)NC1CCCc2ccccc21. The zero-order valence-electron chi connectivity index (χ0n) is 15.3. The molecule has 0 fully saturated rings. The normalized spacial score (nSPS) is 16.0. The number of rotatable bonds is 5. The van der Waals surface area contributed by atoms with Crippen LogP contribution in [-0.4, -0.2) is 26.4 Å². The van der Waals surface area contributed by atoms with E-state index in [0.29, 0.717) is 5.75 Å². The summed E-state index contributed by atoms with van der Waals surface area (Å²) in [4.78, 5) is 12.5. The van der Waals surface area contributed by atoms with Gasteiger partial charge in [0.2, 0.25) is 5.91 Å². The molecule has 27 heavy (non-hydrogen) atoms. The highest BCUT2D eigenvalue weighted by atomic mass is 32.2. The van der Waals surface area contributed by atoms with Crippen LogP contribution < -0.4 is 5.32 Å². The average Bonchev–Trinajstić information content (AvgIpc) is 3.15. The molecule has 0 spiro atoms. The van der Waals surface area contributed by atoms with Crippen molar-refractivity contribution in [3.63, 3.8) is 0 Å². The summed E-state index contributed by atoms with van der Waals surface area (Å²) in [6.07, 6.45) is 4.89. The molecule has 0 bridgehead atoms. The van der Waals surface area contributed by atoms with Gasteiger partial charge in [0.1, 0.15) is 6.33 Å². The first kappa shape index (κ1) is 17.8. The van der Waals surface area contributed by atoms with Crippen LogP contribution in [0.2, 0.25) is 0 Å². The maximum atomic E-state index is 12.5. The minimum atomic E-state index is 0.0287. The Labute approximate surface area is 163 Å². The minimum absolute atomic E-state index is 0.0287. The Hall–Kier alpha value is -2.60. The largest absolute Gasteiger partial charge is 0.349 e. The second-order valence-electron chi connectivity index (χ2n) is 6.77. The van der Waals surface area contributed by atoms with E-state index in [1.807, 2.05) is 28.8 Å². The van der Waals surface area contributed by atoms with Gasteiger partial charge >= 0.3 is 0 Å². The van der Waals surface area contributed by atoms with Crippen LogP contribution >= 0.6 is 11.8 Å². The van der Waals surface area contributed by atoms with Gasteiger partial charge in [-0.2, -0.15) is 0 Å². The molecule has 1 atom stereocenters. The molecule has 1 aliphatic rings. The maximum absolute atomic E-state index is 12.5. The molecule has 0 aliphatic heterocycles. The van der Waals surface area contributed by atoms with Crippen molar-refractivity contribution in [1.82, 2.24) is 20.1 Å². The third-order valence-corrected chi connectivity index (χ3v) is 5.87. The van der Waals surface area contributed by atoms with Crippen molar-refractivity contribution in [2.75, 3.05) is 5.75 Å². The molecule has 0 saturated heterocycles. The summed E-state index contributed by atoms with van der Waals surface area (Å²) in [5.74, 6) is 0.351. The van der Waals surface area contributed by atoms with Gasteiger partial charge in [0.15, 0.2) is 5.16 Å². The molecule has 0 radical (unpaired) electrons. The van der Waals surface area contributed by atoms with Gasteiger partial charge < -0.3 is 5.32 Å². The van der Waals surface area contributed by atoms with Crippen LogP contribution in [0.4, 0.5) is 0 Å². The molecule has 1 unspecified atom stereocenters. The van der Waals surface area contributed by atoms with Crippen LogP contribution in [-0.2, 0) is 11.2 Å². The number of thioether (sulfide) groups is 1. The fourth-order valence-electron chi connectivity index (χ4n) is 3.59. The molecule has 1 aliphatic carbocycles. The van der Waals surface area contributed by atoms with Gasteiger partial charge in [-0.25, -0.2) is 0 Å². The highest BCUT2D eigenvalue weighted by Crippen LogP contribution is 2.29. The second kappa shape index (κ2) is 7.96. The first-order chi connectivity index (χ1) is 13.2. The summed E-state index contributed by atoms with van der Waals surface area (Å²) >= 11 is 1.41. The number of nitrogens with one attached hydrogen (secondary N) is 1. The van der Waals surface area contributed by atoms with E-state index in [2.05, 4.69) is 46.7 Å². The highest BCUT2D eigenvalue weighted by Gasteiger charge is 2.21. The topological polar surface area (TPSA) is 59.8 Å². The first-order valence-corrected chi connectivity index (χ1v) is 10.2. The smallest absolute Gasteiger partial charge is 0.230 e. The van der Waals surface area contributed by atoms with Gasteiger partial charge in [-0.05, 0) is 48.9 Å². The number of hydrogen-bond acceptors (Lipinski definition) is 4. The molecule has 1 aromatic heterocycles. The van der Waals surface area contributed by atoms with E-state index < -0.39 is 0 Å². The molecule has 1 N–H and O–H groups in total. The van der Waals surface area contributed by atoms with Gasteiger partial charge in [-0.1, -0.05) is 54.2 Å². The molecule has 1 amide bonds. The number of carbonyl (C=O) groups excluding carboxylic acids is 1. The molecule has 6 heteroatoms. The molecule has 0 saturated carbocycles. The molecular formula is C21H22N4OS. The van der Waals surface area contributed by atoms with Crippen LogP contribution in [0.15, 0.2) is 60.0 Å². The standard InChI is InChI=1S/C21H22N4OS/c1-15-7-2-5-12-19(15)25-14-22-24-21(25)27-13-20(26)23-18-11-6-9-16-8-3-4-10-17(16)18/h2-5,7-8,10,12,14,18H,6,9,11,13H2,1H3,(H,23,26). The third kappa shape index (κ3) is 3.90. The predicted molar refractivity (Wildman–Crippen MR) is 107 cm³/mol. The quantitative estimate of drug-likeness (QED) is 0.685. The summed E-state index contributed by atoms with van der Waals surface area (Å²) in [6, 6.07) is 16.6. The Morgan fingerprint density at radius 3 is 2.93 bits per heavy atom. The lowest BCUT2D eigenvalue weighted by Gasteiger charge is -2.26. The van der Waals surface area contributed by atoms with Crippen molar-refractivity contribution in [2.45, 2.75) is 37.4 Å². The molecule has 1 heterocycles. The summed E-state index contributed by atoms with van der Waals surface area (Å²) in [5, 5.41) is 12.1. The molecule has 2 aromatic carbocycles. The Bertz CT molecular complexity index is 953.